The third kappa shape index (κ3) is 2.80. The van der Waals surface area contributed by atoms with Crippen LogP contribution in [-0.2, 0) is 5.41 Å². The van der Waals surface area contributed by atoms with Gasteiger partial charge in [0.15, 0.2) is 0 Å². The fourth-order valence-corrected chi connectivity index (χ4v) is 7.27. The van der Waals surface area contributed by atoms with Crippen molar-refractivity contribution in [3.8, 4) is 22.3 Å². The number of rotatable bonds is 2. The molecule has 7 rings (SSSR count). The fraction of sp³-hybridized carbons (Fsp3) is 0.0909. The summed E-state index contributed by atoms with van der Waals surface area (Å²) in [5.41, 5.74) is 6.71. The average Bonchev–Trinajstić information content (AvgIpc) is 3.19. The summed E-state index contributed by atoms with van der Waals surface area (Å²) in [5, 5.41) is 5.71. The van der Waals surface area contributed by atoms with E-state index in [-0.39, 0.29) is 5.41 Å². The maximum Gasteiger partial charge on any atom is 0.0407 e. The highest BCUT2D eigenvalue weighted by atomic mass is 32.2. The molecule has 0 saturated carbocycles. The van der Waals surface area contributed by atoms with E-state index in [9.17, 15) is 0 Å². The van der Waals surface area contributed by atoms with Crippen molar-refractivity contribution in [1.29, 1.82) is 0 Å². The Morgan fingerprint density at radius 2 is 1.21 bits per heavy atom. The second-order valence-electron chi connectivity index (χ2n) is 9.48. The first-order chi connectivity index (χ1) is 16.7. The third-order valence-corrected chi connectivity index (χ3v) is 9.04. The SMILES string of the molecule is CC12C=CC=CC1Sc1ccc(-c3c4ccccc4c(-c4ccccc4)c4ccccc34)cc12. The van der Waals surface area contributed by atoms with Gasteiger partial charge < -0.3 is 0 Å². The molecule has 0 bridgehead atoms. The van der Waals surface area contributed by atoms with Gasteiger partial charge in [-0.05, 0) is 61.5 Å². The van der Waals surface area contributed by atoms with Gasteiger partial charge >= 0.3 is 0 Å². The lowest BCUT2D eigenvalue weighted by Gasteiger charge is -2.28. The van der Waals surface area contributed by atoms with E-state index in [1.165, 1.54) is 54.3 Å². The largest absolute Gasteiger partial charge is 0.117 e. The molecule has 0 N–H and O–H groups in total. The van der Waals surface area contributed by atoms with Crippen molar-refractivity contribution in [2.75, 3.05) is 0 Å². The molecule has 2 unspecified atom stereocenters. The normalized spacial score (nSPS) is 20.6. The standard InChI is InChI=1S/C33H24S/c1-33-20-10-9-17-30(33)34-29-19-18-23(21-28(29)33)32-26-15-7-5-13-24(26)31(22-11-3-2-4-12-22)25-14-6-8-16-27(25)32/h2-21,30H,1H3. The summed E-state index contributed by atoms with van der Waals surface area (Å²) in [6.07, 6.45) is 9.13. The van der Waals surface area contributed by atoms with E-state index in [4.69, 9.17) is 0 Å². The average molecular weight is 453 g/mol. The van der Waals surface area contributed by atoms with Gasteiger partial charge in [-0.25, -0.2) is 0 Å². The topological polar surface area (TPSA) is 0 Å². The summed E-state index contributed by atoms with van der Waals surface area (Å²) in [7, 11) is 0. The van der Waals surface area contributed by atoms with Crippen LogP contribution in [0, 0.1) is 0 Å². The van der Waals surface area contributed by atoms with Crippen molar-refractivity contribution < 1.29 is 0 Å². The Morgan fingerprint density at radius 3 is 1.85 bits per heavy atom. The Kier molecular flexibility index (Phi) is 4.37. The molecule has 162 valence electrons. The molecule has 2 aliphatic rings. The first-order valence-electron chi connectivity index (χ1n) is 11.9. The fourth-order valence-electron chi connectivity index (χ4n) is 5.82. The lowest BCUT2D eigenvalue weighted by molar-refractivity contribution is 0.620. The maximum atomic E-state index is 2.46. The Bertz CT molecular complexity index is 1580. The van der Waals surface area contributed by atoms with Crippen LogP contribution in [0.1, 0.15) is 12.5 Å². The first-order valence-corrected chi connectivity index (χ1v) is 12.8. The third-order valence-electron chi connectivity index (χ3n) is 7.53. The minimum atomic E-state index is 0.0420. The zero-order chi connectivity index (χ0) is 22.7. The molecular weight excluding hydrogens is 428 g/mol. The van der Waals surface area contributed by atoms with E-state index >= 15 is 0 Å². The van der Waals surface area contributed by atoms with Gasteiger partial charge in [-0.15, -0.1) is 11.8 Å². The lowest BCUT2D eigenvalue weighted by atomic mass is 9.76. The molecule has 0 nitrogen and oxygen atoms in total. The number of thioether (sulfide) groups is 1. The van der Waals surface area contributed by atoms with Gasteiger partial charge in [0.05, 0.1) is 0 Å². The zero-order valence-corrected chi connectivity index (χ0v) is 19.8. The van der Waals surface area contributed by atoms with Crippen molar-refractivity contribution in [1.82, 2.24) is 0 Å². The number of hydrogen-bond donors (Lipinski definition) is 0. The quantitative estimate of drug-likeness (QED) is 0.241. The Labute approximate surface area is 204 Å². The highest BCUT2D eigenvalue weighted by molar-refractivity contribution is 8.00. The second-order valence-corrected chi connectivity index (χ2v) is 10.7. The molecule has 1 aliphatic carbocycles. The number of hydrogen-bond acceptors (Lipinski definition) is 1. The van der Waals surface area contributed by atoms with Crippen LogP contribution in [0.25, 0.3) is 43.8 Å². The monoisotopic (exact) mass is 452 g/mol. The maximum absolute atomic E-state index is 2.46. The summed E-state index contributed by atoms with van der Waals surface area (Å²) < 4.78 is 0. The first kappa shape index (κ1) is 19.9. The van der Waals surface area contributed by atoms with Crippen LogP contribution >= 0.6 is 11.8 Å². The van der Waals surface area contributed by atoms with E-state index in [0.29, 0.717) is 5.25 Å². The van der Waals surface area contributed by atoms with Gasteiger partial charge in [0.2, 0.25) is 0 Å². The molecule has 0 aromatic heterocycles. The van der Waals surface area contributed by atoms with Gasteiger partial charge in [0.25, 0.3) is 0 Å². The van der Waals surface area contributed by atoms with Crippen molar-refractivity contribution in [2.24, 2.45) is 0 Å². The Balaban J connectivity index is 1.56. The summed E-state index contributed by atoms with van der Waals surface area (Å²) in [5.74, 6) is 0. The molecule has 34 heavy (non-hydrogen) atoms. The van der Waals surface area contributed by atoms with Gasteiger partial charge in [-0.2, -0.15) is 0 Å². The van der Waals surface area contributed by atoms with Gasteiger partial charge in [-0.1, -0.05) is 116 Å². The second kappa shape index (κ2) is 7.48. The Morgan fingerprint density at radius 1 is 0.618 bits per heavy atom. The van der Waals surface area contributed by atoms with Gasteiger partial charge in [0, 0.05) is 15.6 Å². The van der Waals surface area contributed by atoms with E-state index in [1.807, 2.05) is 11.8 Å². The van der Waals surface area contributed by atoms with Crippen LogP contribution in [0.15, 0.2) is 126 Å². The molecule has 5 aromatic rings. The number of benzene rings is 5. The van der Waals surface area contributed by atoms with Crippen molar-refractivity contribution >= 4 is 33.3 Å². The van der Waals surface area contributed by atoms with Crippen molar-refractivity contribution in [3.05, 3.63) is 127 Å². The van der Waals surface area contributed by atoms with Gasteiger partial charge in [-0.3, -0.25) is 0 Å². The van der Waals surface area contributed by atoms with E-state index in [2.05, 4.69) is 128 Å². The summed E-state index contributed by atoms with van der Waals surface area (Å²) >= 11 is 1.99. The smallest absolute Gasteiger partial charge is 0.0407 e. The molecular formula is C33H24S. The van der Waals surface area contributed by atoms with Gasteiger partial charge in [0.1, 0.15) is 0 Å². The molecule has 0 radical (unpaired) electrons. The minimum absolute atomic E-state index is 0.0420. The summed E-state index contributed by atoms with van der Waals surface area (Å²) in [6, 6.07) is 35.8. The van der Waals surface area contributed by atoms with Crippen LogP contribution in [-0.4, -0.2) is 5.25 Å². The molecule has 2 atom stereocenters. The molecule has 1 heteroatoms. The van der Waals surface area contributed by atoms with Crippen LogP contribution < -0.4 is 0 Å². The van der Waals surface area contributed by atoms with Crippen LogP contribution in [0.3, 0.4) is 0 Å². The van der Waals surface area contributed by atoms with Crippen LogP contribution in [0.2, 0.25) is 0 Å². The molecule has 1 heterocycles. The highest BCUT2D eigenvalue weighted by Crippen LogP contribution is 2.53. The molecule has 0 amide bonds. The molecule has 0 fully saturated rings. The van der Waals surface area contributed by atoms with Crippen molar-refractivity contribution in [3.63, 3.8) is 0 Å². The number of fused-ring (bicyclic) bond motifs is 5. The molecule has 0 spiro atoms. The molecule has 5 aromatic carbocycles. The lowest BCUT2D eigenvalue weighted by Crippen LogP contribution is -2.28. The zero-order valence-electron chi connectivity index (χ0n) is 19.0. The minimum Gasteiger partial charge on any atom is -0.117 e. The van der Waals surface area contributed by atoms with Crippen molar-refractivity contribution in [2.45, 2.75) is 22.5 Å². The highest BCUT2D eigenvalue weighted by Gasteiger charge is 2.41. The Hall–Kier alpha value is -3.55. The van der Waals surface area contributed by atoms with Crippen LogP contribution in [0.4, 0.5) is 0 Å². The summed E-state index contributed by atoms with van der Waals surface area (Å²) in [6.45, 7) is 2.38. The predicted molar refractivity (Wildman–Crippen MR) is 148 cm³/mol. The van der Waals surface area contributed by atoms with E-state index in [1.54, 1.807) is 0 Å². The van der Waals surface area contributed by atoms with Crippen LogP contribution in [0.5, 0.6) is 0 Å². The van der Waals surface area contributed by atoms with E-state index in [0.717, 1.165) is 0 Å². The molecule has 0 saturated heterocycles. The predicted octanol–water partition coefficient (Wildman–Crippen LogP) is 9.18. The summed E-state index contributed by atoms with van der Waals surface area (Å²) in [4.78, 5) is 1.40. The van der Waals surface area contributed by atoms with E-state index < -0.39 is 0 Å². The number of allylic oxidation sites excluding steroid dienone is 3. The molecule has 1 aliphatic heterocycles.